The summed E-state index contributed by atoms with van der Waals surface area (Å²) < 4.78 is 16.7. The Morgan fingerprint density at radius 2 is 1.86 bits per heavy atom. The van der Waals surface area contributed by atoms with Crippen molar-refractivity contribution in [1.82, 2.24) is 4.90 Å². The molecule has 4 atom stereocenters. The summed E-state index contributed by atoms with van der Waals surface area (Å²) in [5.74, 6) is -0.407. The van der Waals surface area contributed by atoms with Crippen LogP contribution in [0.2, 0.25) is 0 Å². The highest BCUT2D eigenvalue weighted by molar-refractivity contribution is 7.99. The van der Waals surface area contributed by atoms with Crippen LogP contribution in [0.3, 0.4) is 0 Å². The summed E-state index contributed by atoms with van der Waals surface area (Å²) in [6, 6.07) is 12.1. The molecular weight excluding hydrogens is 478 g/mol. The maximum absolute atomic E-state index is 13.2. The second-order valence-electron chi connectivity index (χ2n) is 9.82. The molecule has 2 aromatic carbocycles. The highest BCUT2D eigenvalue weighted by atomic mass is 32.2. The number of carbonyl (C=O) groups excluding carboxylic acids is 3. The molecule has 0 saturated carbocycles. The van der Waals surface area contributed by atoms with E-state index in [4.69, 9.17) is 14.2 Å². The zero-order valence-corrected chi connectivity index (χ0v) is 21.8. The Morgan fingerprint density at radius 1 is 1.11 bits per heavy atom. The summed E-state index contributed by atoms with van der Waals surface area (Å²) in [6.07, 6.45) is 2.16. The second-order valence-corrected chi connectivity index (χ2v) is 11.0. The summed E-state index contributed by atoms with van der Waals surface area (Å²) in [5.41, 5.74) is 2.28. The van der Waals surface area contributed by atoms with E-state index in [1.165, 1.54) is 26.5 Å². The number of thioether (sulfide) groups is 1. The van der Waals surface area contributed by atoms with Gasteiger partial charge >= 0.3 is 11.9 Å². The van der Waals surface area contributed by atoms with Crippen molar-refractivity contribution in [3.8, 4) is 11.5 Å². The molecule has 1 aliphatic heterocycles. The minimum Gasteiger partial charge on any atom is -0.493 e. The number of likely N-dealkylation sites (N-methyl/N-ethyl adjacent to an activating group) is 1. The Balaban J connectivity index is 1.78. The zero-order valence-electron chi connectivity index (χ0n) is 21.0. The zero-order chi connectivity index (χ0) is 25.8. The Hall–Kier alpha value is -3.10. The molecule has 0 aromatic heterocycles. The number of hydrogen-bond donors (Lipinski definition) is 0. The summed E-state index contributed by atoms with van der Waals surface area (Å²) >= 11 is 1.75. The second kappa shape index (κ2) is 9.09. The van der Waals surface area contributed by atoms with Gasteiger partial charge < -0.3 is 19.1 Å². The summed E-state index contributed by atoms with van der Waals surface area (Å²) in [6.45, 7) is 5.30. The largest absolute Gasteiger partial charge is 0.493 e. The van der Waals surface area contributed by atoms with E-state index in [1.54, 1.807) is 17.8 Å². The first-order valence-corrected chi connectivity index (χ1v) is 12.8. The minimum atomic E-state index is -0.640. The van der Waals surface area contributed by atoms with Gasteiger partial charge in [-0.3, -0.25) is 14.4 Å². The van der Waals surface area contributed by atoms with E-state index >= 15 is 0 Å². The number of likely N-dealkylation sites (tertiary alicyclic amines) is 1. The van der Waals surface area contributed by atoms with Crippen LogP contribution in [-0.2, 0) is 24.5 Å². The molecule has 1 heterocycles. The number of nitrogens with zero attached hydrogens (tertiary/aromatic N) is 1. The SMILES string of the molecule is COC1=C[C@@H]2[C@@H]3[C@H](Sc4cccc(C)c4)c4ccc(OC(C)=O)c(OC(C)=O)c4[C@@]2(CC1=O)CN3C. The van der Waals surface area contributed by atoms with Crippen LogP contribution in [-0.4, -0.2) is 49.4 Å². The van der Waals surface area contributed by atoms with Crippen molar-refractivity contribution in [2.75, 3.05) is 20.7 Å². The Morgan fingerprint density at radius 3 is 2.53 bits per heavy atom. The van der Waals surface area contributed by atoms with Crippen molar-refractivity contribution in [2.45, 2.75) is 48.8 Å². The number of methoxy groups -OCH3 is 1. The molecule has 1 fully saturated rings. The van der Waals surface area contributed by atoms with Crippen molar-refractivity contribution in [2.24, 2.45) is 5.92 Å². The van der Waals surface area contributed by atoms with E-state index < -0.39 is 17.4 Å². The van der Waals surface area contributed by atoms with Crippen LogP contribution in [0.15, 0.2) is 53.1 Å². The summed E-state index contributed by atoms with van der Waals surface area (Å²) in [5, 5.41) is -0.0318. The van der Waals surface area contributed by atoms with Crippen molar-refractivity contribution >= 4 is 29.5 Å². The third kappa shape index (κ3) is 3.92. The molecule has 0 unspecified atom stereocenters. The van der Waals surface area contributed by atoms with Crippen LogP contribution < -0.4 is 9.47 Å². The van der Waals surface area contributed by atoms with Crippen LogP contribution in [0.5, 0.6) is 11.5 Å². The van der Waals surface area contributed by atoms with Crippen LogP contribution in [0, 0.1) is 12.8 Å². The quantitative estimate of drug-likeness (QED) is 0.436. The number of carbonyl (C=O) groups is 3. The number of ether oxygens (including phenoxy) is 3. The number of allylic oxidation sites excluding steroid dienone is 1. The predicted octanol–water partition coefficient (Wildman–Crippen LogP) is 4.36. The smallest absolute Gasteiger partial charge is 0.308 e. The number of hydrogen-bond acceptors (Lipinski definition) is 8. The van der Waals surface area contributed by atoms with Gasteiger partial charge in [0, 0.05) is 54.6 Å². The van der Waals surface area contributed by atoms with Crippen LogP contribution >= 0.6 is 11.8 Å². The minimum absolute atomic E-state index is 0.0318. The monoisotopic (exact) mass is 507 g/mol. The van der Waals surface area contributed by atoms with Gasteiger partial charge in [0.2, 0.25) is 0 Å². The molecule has 0 amide bonds. The van der Waals surface area contributed by atoms with E-state index in [-0.39, 0.29) is 40.9 Å². The molecule has 2 aliphatic carbocycles. The number of Topliss-reactive ketones (excluding diaryl/α,β-unsaturated/α-hetero) is 1. The number of rotatable bonds is 5. The standard InChI is InChI=1S/C28H29NO6S/c1-15-7-6-8-18(11-15)36-27-19-9-10-22(34-16(2)30)26(35-17(3)31)24(19)28-13-21(32)23(33-5)12-20(28)25(27)29(4)14-28/h6-12,20,25,27H,13-14H2,1-5H3/t20-,25-,27-,28+/m1/s1. The lowest BCUT2D eigenvalue weighted by molar-refractivity contribution is -0.134. The van der Waals surface area contributed by atoms with E-state index in [9.17, 15) is 14.4 Å². The average molecular weight is 508 g/mol. The van der Waals surface area contributed by atoms with E-state index in [2.05, 4.69) is 37.1 Å². The molecule has 7 nitrogen and oxygen atoms in total. The van der Waals surface area contributed by atoms with Gasteiger partial charge in [0.15, 0.2) is 23.0 Å². The van der Waals surface area contributed by atoms with Crippen molar-refractivity contribution in [3.63, 3.8) is 0 Å². The molecule has 2 aromatic rings. The molecule has 8 heteroatoms. The molecule has 5 rings (SSSR count). The highest BCUT2D eigenvalue weighted by Gasteiger charge is 2.62. The lowest BCUT2D eigenvalue weighted by Gasteiger charge is -2.46. The van der Waals surface area contributed by atoms with Gasteiger partial charge in [-0.25, -0.2) is 0 Å². The molecule has 0 radical (unpaired) electrons. The fraction of sp³-hybridized carbons (Fsp3) is 0.393. The van der Waals surface area contributed by atoms with Gasteiger partial charge in [-0.05, 0) is 43.8 Å². The Bertz CT molecular complexity index is 1300. The van der Waals surface area contributed by atoms with Crippen LogP contribution in [0.25, 0.3) is 0 Å². The van der Waals surface area contributed by atoms with Gasteiger partial charge in [0.05, 0.1) is 12.4 Å². The number of fused-ring (bicyclic) bond motifs is 1. The normalized spacial score (nSPS) is 26.5. The molecular formula is C28H29NO6S. The third-order valence-corrected chi connectivity index (χ3v) is 8.68. The first-order valence-electron chi connectivity index (χ1n) is 11.9. The number of benzene rings is 2. The first kappa shape index (κ1) is 24.6. The average Bonchev–Trinajstić information content (AvgIpc) is 3.03. The number of aryl methyl sites for hydroxylation is 1. The number of ketones is 1. The molecule has 3 aliphatic rings. The van der Waals surface area contributed by atoms with E-state index in [1.807, 2.05) is 18.2 Å². The van der Waals surface area contributed by atoms with E-state index in [0.29, 0.717) is 12.3 Å². The van der Waals surface area contributed by atoms with Crippen LogP contribution in [0.1, 0.15) is 42.2 Å². The fourth-order valence-electron chi connectivity index (χ4n) is 6.22. The molecule has 36 heavy (non-hydrogen) atoms. The van der Waals surface area contributed by atoms with Gasteiger partial charge in [0.1, 0.15) is 0 Å². The molecule has 0 spiro atoms. The van der Waals surface area contributed by atoms with Crippen molar-refractivity contribution < 1.29 is 28.6 Å². The molecule has 188 valence electrons. The summed E-state index contributed by atoms with van der Waals surface area (Å²) in [4.78, 5) is 40.8. The van der Waals surface area contributed by atoms with Gasteiger partial charge in [-0.1, -0.05) is 23.8 Å². The van der Waals surface area contributed by atoms with Gasteiger partial charge in [0.25, 0.3) is 0 Å². The van der Waals surface area contributed by atoms with Crippen LogP contribution in [0.4, 0.5) is 0 Å². The topological polar surface area (TPSA) is 82.1 Å². The lowest BCUT2D eigenvalue weighted by atomic mass is 9.59. The molecule has 1 saturated heterocycles. The van der Waals surface area contributed by atoms with Crippen molar-refractivity contribution in [3.05, 3.63) is 64.9 Å². The lowest BCUT2D eigenvalue weighted by Crippen LogP contribution is -2.47. The van der Waals surface area contributed by atoms with Crippen molar-refractivity contribution in [1.29, 1.82) is 0 Å². The summed E-state index contributed by atoms with van der Waals surface area (Å²) in [7, 11) is 3.59. The van der Waals surface area contributed by atoms with Gasteiger partial charge in [-0.2, -0.15) is 0 Å². The Kier molecular flexibility index (Phi) is 6.21. The third-order valence-electron chi connectivity index (χ3n) is 7.37. The highest BCUT2D eigenvalue weighted by Crippen LogP contribution is 2.64. The maximum atomic E-state index is 13.2. The maximum Gasteiger partial charge on any atom is 0.308 e. The van der Waals surface area contributed by atoms with Gasteiger partial charge in [-0.15, -0.1) is 11.8 Å². The van der Waals surface area contributed by atoms with E-state index in [0.717, 1.165) is 16.0 Å². The fourth-order valence-corrected chi connectivity index (χ4v) is 7.76. The molecule has 0 N–H and O–H groups in total. The Labute approximate surface area is 214 Å². The number of esters is 2. The predicted molar refractivity (Wildman–Crippen MR) is 135 cm³/mol. The first-order chi connectivity index (χ1) is 17.1. The molecule has 2 bridgehead atoms.